The summed E-state index contributed by atoms with van der Waals surface area (Å²) in [5.41, 5.74) is 0. The van der Waals surface area contributed by atoms with E-state index in [2.05, 4.69) is 9.78 Å². The fraction of sp³-hybridized carbons (Fsp3) is 1.00. The lowest BCUT2D eigenvalue weighted by Crippen LogP contribution is -2.28. The second-order valence-corrected chi connectivity index (χ2v) is 1.59. The van der Waals surface area contributed by atoms with Gasteiger partial charge in [-0.25, -0.2) is 0 Å². The summed E-state index contributed by atoms with van der Waals surface area (Å²) >= 11 is 0. The molecule has 0 spiro atoms. The summed E-state index contributed by atoms with van der Waals surface area (Å²) in [4.78, 5) is 6.69. The Bertz CT molecular complexity index is 100. The van der Waals surface area contributed by atoms with E-state index < -0.39 is 12.0 Å². The zero-order valence-electron chi connectivity index (χ0n) is 3.95. The Morgan fingerprint density at radius 1 is 1.38 bits per heavy atom. The third-order valence-electron chi connectivity index (χ3n) is 0.754. The van der Waals surface area contributed by atoms with Crippen LogP contribution in [-0.2, 0) is 9.78 Å². The number of hydrogen-bond donors (Lipinski definition) is 0. The van der Waals surface area contributed by atoms with E-state index in [0.29, 0.717) is 6.92 Å². The van der Waals surface area contributed by atoms with Crippen molar-refractivity contribution in [2.24, 2.45) is 0 Å². The number of hydrogen-bond acceptors (Lipinski definition) is 2. The highest BCUT2D eigenvalue weighted by atomic mass is 19.3. The molecule has 0 aromatic rings. The highest BCUT2D eigenvalue weighted by Gasteiger charge is 2.68. The van der Waals surface area contributed by atoms with Gasteiger partial charge in [-0.05, 0) is 0 Å². The summed E-state index contributed by atoms with van der Waals surface area (Å²) in [6.07, 6.45) is 0. The van der Waals surface area contributed by atoms with Crippen LogP contribution in [-0.4, -0.2) is 12.0 Å². The summed E-state index contributed by atoms with van der Waals surface area (Å²) in [5.74, 6) is -3.56. The number of rotatable bonds is 1. The standard InChI is InChI=1S/C3H3F3O2/c1-2(4,5)3(6)7-8-3/h1H3. The second-order valence-electron chi connectivity index (χ2n) is 1.59. The smallest absolute Gasteiger partial charge is 0.197 e. The van der Waals surface area contributed by atoms with Crippen LogP contribution in [0.25, 0.3) is 0 Å². The predicted octanol–water partition coefficient (Wildman–Crippen LogP) is 1.23. The third kappa shape index (κ3) is 0.674. The zero-order valence-corrected chi connectivity index (χ0v) is 3.95. The first-order valence-electron chi connectivity index (χ1n) is 1.89. The van der Waals surface area contributed by atoms with Crippen LogP contribution in [0.4, 0.5) is 13.2 Å². The molecule has 2 nitrogen and oxygen atoms in total. The molecule has 1 aliphatic rings. The van der Waals surface area contributed by atoms with E-state index >= 15 is 0 Å². The fourth-order valence-electron chi connectivity index (χ4n) is 0.183. The molecule has 1 heterocycles. The molecule has 8 heavy (non-hydrogen) atoms. The van der Waals surface area contributed by atoms with E-state index in [0.717, 1.165) is 0 Å². The molecule has 1 aliphatic heterocycles. The molecule has 0 bridgehead atoms. The third-order valence-corrected chi connectivity index (χ3v) is 0.754. The van der Waals surface area contributed by atoms with Gasteiger partial charge < -0.3 is 0 Å². The average molecular weight is 128 g/mol. The van der Waals surface area contributed by atoms with Gasteiger partial charge in [0.05, 0.1) is 0 Å². The van der Waals surface area contributed by atoms with Crippen LogP contribution in [0.1, 0.15) is 6.92 Å². The monoisotopic (exact) mass is 128 g/mol. The van der Waals surface area contributed by atoms with Crippen molar-refractivity contribution in [2.45, 2.75) is 18.9 Å². The largest absolute Gasteiger partial charge is 0.436 e. The van der Waals surface area contributed by atoms with Crippen LogP contribution >= 0.6 is 0 Å². The van der Waals surface area contributed by atoms with Gasteiger partial charge in [0.2, 0.25) is 0 Å². The molecule has 0 amide bonds. The van der Waals surface area contributed by atoms with Crippen molar-refractivity contribution >= 4 is 0 Å². The quantitative estimate of drug-likeness (QED) is 0.392. The van der Waals surface area contributed by atoms with Gasteiger partial charge in [-0.15, -0.1) is 0 Å². The van der Waals surface area contributed by atoms with E-state index in [1.54, 1.807) is 0 Å². The molecule has 0 atom stereocenters. The lowest BCUT2D eigenvalue weighted by Gasteiger charge is -2.04. The van der Waals surface area contributed by atoms with Gasteiger partial charge in [0.1, 0.15) is 0 Å². The summed E-state index contributed by atoms with van der Waals surface area (Å²) in [6.45, 7) is 0.375. The summed E-state index contributed by atoms with van der Waals surface area (Å²) in [7, 11) is 0. The maximum Gasteiger partial charge on any atom is 0.436 e. The highest BCUT2D eigenvalue weighted by Crippen LogP contribution is 2.44. The van der Waals surface area contributed by atoms with Crippen molar-refractivity contribution in [2.75, 3.05) is 0 Å². The van der Waals surface area contributed by atoms with Crippen molar-refractivity contribution in [3.63, 3.8) is 0 Å². The van der Waals surface area contributed by atoms with E-state index in [1.165, 1.54) is 0 Å². The highest BCUT2D eigenvalue weighted by molar-refractivity contribution is 4.75. The van der Waals surface area contributed by atoms with Gasteiger partial charge in [0.15, 0.2) is 0 Å². The molecule has 5 heteroatoms. The SMILES string of the molecule is CC(F)(F)C1(F)OO1. The molecule has 0 radical (unpaired) electrons. The van der Waals surface area contributed by atoms with Gasteiger partial charge >= 0.3 is 12.0 Å². The minimum Gasteiger partial charge on any atom is -0.197 e. The van der Waals surface area contributed by atoms with Crippen LogP contribution in [0.5, 0.6) is 0 Å². The molecule has 0 aromatic heterocycles. The molecule has 1 fully saturated rings. The maximum atomic E-state index is 11.8. The van der Waals surface area contributed by atoms with Crippen molar-refractivity contribution in [3.8, 4) is 0 Å². The van der Waals surface area contributed by atoms with E-state index in [-0.39, 0.29) is 0 Å². The Morgan fingerprint density at radius 2 is 1.75 bits per heavy atom. The predicted molar refractivity (Wildman–Crippen MR) is 16.6 cm³/mol. The zero-order chi connectivity index (χ0) is 6.41. The molecule has 0 unspecified atom stereocenters. The van der Waals surface area contributed by atoms with Gasteiger partial charge in [0.25, 0.3) is 0 Å². The molecular formula is C3H3F3O2. The Morgan fingerprint density at radius 3 is 1.75 bits per heavy atom. The minimum absolute atomic E-state index is 0.375. The van der Waals surface area contributed by atoms with Gasteiger partial charge in [-0.2, -0.15) is 22.9 Å². The summed E-state index contributed by atoms with van der Waals surface area (Å²) < 4.78 is 35.1. The van der Waals surface area contributed by atoms with Crippen LogP contribution in [0.3, 0.4) is 0 Å². The fourth-order valence-corrected chi connectivity index (χ4v) is 0.183. The Balaban J connectivity index is 2.58. The first-order chi connectivity index (χ1) is 3.46. The van der Waals surface area contributed by atoms with Crippen molar-refractivity contribution < 1.29 is 22.9 Å². The first-order valence-corrected chi connectivity index (χ1v) is 1.89. The van der Waals surface area contributed by atoms with Crippen LogP contribution in [0, 0.1) is 0 Å². The minimum atomic E-state index is -3.56. The second kappa shape index (κ2) is 1.16. The molecule has 0 aliphatic carbocycles. The van der Waals surface area contributed by atoms with Crippen molar-refractivity contribution in [1.82, 2.24) is 0 Å². The van der Waals surface area contributed by atoms with E-state index in [4.69, 9.17) is 0 Å². The number of halogens is 3. The molecule has 1 rings (SSSR count). The van der Waals surface area contributed by atoms with Crippen LogP contribution in [0.2, 0.25) is 0 Å². The Hall–Kier alpha value is -0.290. The van der Waals surface area contributed by atoms with Crippen LogP contribution < -0.4 is 0 Å². The van der Waals surface area contributed by atoms with Crippen molar-refractivity contribution in [3.05, 3.63) is 0 Å². The van der Waals surface area contributed by atoms with E-state index in [9.17, 15) is 13.2 Å². The van der Waals surface area contributed by atoms with Crippen molar-refractivity contribution in [1.29, 1.82) is 0 Å². The maximum absolute atomic E-state index is 11.8. The molecule has 0 aromatic carbocycles. The number of alkyl halides is 3. The molecular weight excluding hydrogens is 125 g/mol. The lowest BCUT2D eigenvalue weighted by molar-refractivity contribution is -0.130. The molecule has 48 valence electrons. The summed E-state index contributed by atoms with van der Waals surface area (Å²) in [5, 5.41) is 0. The molecule has 1 saturated heterocycles. The Kier molecular flexibility index (Phi) is 0.850. The van der Waals surface area contributed by atoms with Gasteiger partial charge in [-0.1, -0.05) is 0 Å². The van der Waals surface area contributed by atoms with Gasteiger partial charge in [0, 0.05) is 6.92 Å². The average Bonchev–Trinajstić information content (AvgIpc) is 2.16. The normalized spacial score (nSPS) is 25.5. The first kappa shape index (κ1) is 5.84. The molecule has 0 saturated carbocycles. The van der Waals surface area contributed by atoms with Crippen LogP contribution in [0.15, 0.2) is 0 Å². The Labute approximate surface area is 43.1 Å². The van der Waals surface area contributed by atoms with E-state index in [1.807, 2.05) is 0 Å². The topological polar surface area (TPSA) is 25.1 Å². The van der Waals surface area contributed by atoms with Gasteiger partial charge in [-0.3, -0.25) is 0 Å². The molecule has 0 N–H and O–H groups in total. The lowest BCUT2D eigenvalue weighted by atomic mass is 10.4. The summed E-state index contributed by atoms with van der Waals surface area (Å²) in [6, 6.07) is -3.15.